The Hall–Kier alpha value is -0.900. The molecule has 2 saturated heterocycles. The largest absolute Gasteiger partial charge is 0.336 e. The quantitative estimate of drug-likeness (QED) is 0.750. The molecule has 146 valence electrons. The maximum Gasteiger partial charge on any atom is 0.226 e. The molecule has 0 N–H and O–H groups in total. The highest BCUT2D eigenvalue weighted by Gasteiger charge is 2.49. The van der Waals surface area contributed by atoms with Crippen LogP contribution in [0.15, 0.2) is 0 Å². The van der Waals surface area contributed by atoms with Crippen LogP contribution < -0.4 is 0 Å². The molecule has 3 fully saturated rings. The number of piperidine rings is 2. The van der Waals surface area contributed by atoms with E-state index in [0.29, 0.717) is 12.5 Å². The maximum atomic E-state index is 13.0. The first-order chi connectivity index (χ1) is 12.0. The molecule has 0 bridgehead atoms. The second-order valence-corrected chi connectivity index (χ2v) is 7.45. The lowest BCUT2D eigenvalue weighted by Gasteiger charge is -2.55. The molecule has 1 aliphatic carbocycles. The van der Waals surface area contributed by atoms with E-state index >= 15 is 0 Å². The van der Waals surface area contributed by atoms with Crippen LogP contribution in [0.5, 0.6) is 0 Å². The van der Waals surface area contributed by atoms with E-state index in [1.165, 1.54) is 6.42 Å². The topological polar surface area (TPSA) is 40.6 Å². The highest BCUT2D eigenvalue weighted by atomic mass is 16.2. The van der Waals surface area contributed by atoms with Gasteiger partial charge in [0.1, 0.15) is 5.78 Å². The van der Waals surface area contributed by atoms with Gasteiger partial charge in [-0.3, -0.25) is 9.59 Å². The highest BCUT2D eigenvalue weighted by Crippen LogP contribution is 2.46. The van der Waals surface area contributed by atoms with Crippen molar-refractivity contribution >= 4 is 11.7 Å². The van der Waals surface area contributed by atoms with E-state index in [1.54, 1.807) is 6.92 Å². The molecule has 25 heavy (non-hydrogen) atoms. The minimum Gasteiger partial charge on any atom is -0.336 e. The van der Waals surface area contributed by atoms with Crippen LogP contribution in [0.1, 0.15) is 79.6 Å². The van der Waals surface area contributed by atoms with E-state index in [0.717, 1.165) is 51.6 Å². The number of amides is 1. The molecule has 4 heteroatoms. The van der Waals surface area contributed by atoms with E-state index in [4.69, 9.17) is 0 Å². The Kier molecular flexibility index (Phi) is 9.12. The smallest absolute Gasteiger partial charge is 0.226 e. The summed E-state index contributed by atoms with van der Waals surface area (Å²) in [6, 6.07) is 0. The summed E-state index contributed by atoms with van der Waals surface area (Å²) in [5.41, 5.74) is 0.117. The minimum atomic E-state index is 0.0754. The van der Waals surface area contributed by atoms with Crippen molar-refractivity contribution in [1.29, 1.82) is 0 Å². The third kappa shape index (κ3) is 5.06. The SMILES string of the molecule is CC.CC.CC(=O)C1CCC2(CCC2)N(C(=O)C2CCN(C)CC2)C1. The van der Waals surface area contributed by atoms with Crippen molar-refractivity contribution in [1.82, 2.24) is 9.80 Å². The van der Waals surface area contributed by atoms with Crippen LogP contribution in [0.2, 0.25) is 0 Å². The lowest BCUT2D eigenvalue weighted by molar-refractivity contribution is -0.154. The van der Waals surface area contributed by atoms with Crippen molar-refractivity contribution in [2.24, 2.45) is 11.8 Å². The monoisotopic (exact) mass is 352 g/mol. The fourth-order valence-corrected chi connectivity index (χ4v) is 4.32. The van der Waals surface area contributed by atoms with E-state index in [-0.39, 0.29) is 23.2 Å². The molecule has 3 rings (SSSR count). The van der Waals surface area contributed by atoms with Crippen LogP contribution in [0.4, 0.5) is 0 Å². The van der Waals surface area contributed by atoms with Crippen LogP contribution in [0.3, 0.4) is 0 Å². The Morgan fingerprint density at radius 2 is 1.44 bits per heavy atom. The highest BCUT2D eigenvalue weighted by molar-refractivity contribution is 5.83. The summed E-state index contributed by atoms with van der Waals surface area (Å²) in [7, 11) is 2.13. The minimum absolute atomic E-state index is 0.0754. The number of likely N-dealkylation sites (tertiary alicyclic amines) is 2. The van der Waals surface area contributed by atoms with Gasteiger partial charge >= 0.3 is 0 Å². The predicted molar refractivity (Wildman–Crippen MR) is 105 cm³/mol. The van der Waals surface area contributed by atoms with Gasteiger partial charge < -0.3 is 9.80 Å². The van der Waals surface area contributed by atoms with Crippen LogP contribution >= 0.6 is 0 Å². The van der Waals surface area contributed by atoms with E-state index in [2.05, 4.69) is 16.8 Å². The lowest BCUT2D eigenvalue weighted by Crippen LogP contribution is -2.62. The number of nitrogens with zero attached hydrogens (tertiary/aromatic N) is 2. The standard InChI is InChI=1S/C17H28N2O2.2C2H6/c1-13(20)15-4-9-17(7-3-8-17)19(12-15)16(21)14-5-10-18(2)11-6-14;2*1-2/h14-15H,3-12H2,1-2H3;2*1-2H3. The van der Waals surface area contributed by atoms with Gasteiger partial charge in [0.25, 0.3) is 0 Å². The first-order valence-corrected chi connectivity index (χ1v) is 10.5. The van der Waals surface area contributed by atoms with Crippen molar-refractivity contribution in [3.05, 3.63) is 0 Å². The molecule has 2 aliphatic heterocycles. The zero-order valence-electron chi connectivity index (χ0n) is 17.4. The Labute approximate surface area is 155 Å². The second kappa shape index (κ2) is 10.3. The van der Waals surface area contributed by atoms with Gasteiger partial charge in [-0.1, -0.05) is 27.7 Å². The summed E-state index contributed by atoms with van der Waals surface area (Å²) >= 11 is 0. The molecule has 1 spiro atoms. The van der Waals surface area contributed by atoms with Crippen molar-refractivity contribution in [2.75, 3.05) is 26.7 Å². The normalized spacial score (nSPS) is 25.8. The molecule has 1 atom stereocenters. The Bertz CT molecular complexity index is 424. The van der Waals surface area contributed by atoms with Gasteiger partial charge in [-0.05, 0) is 72.0 Å². The number of carbonyl (C=O) groups is 2. The number of hydrogen-bond acceptors (Lipinski definition) is 3. The summed E-state index contributed by atoms with van der Waals surface area (Å²) in [4.78, 5) is 29.2. The van der Waals surface area contributed by atoms with Crippen molar-refractivity contribution in [3.8, 4) is 0 Å². The second-order valence-electron chi connectivity index (χ2n) is 7.45. The van der Waals surface area contributed by atoms with Gasteiger partial charge in [-0.25, -0.2) is 0 Å². The van der Waals surface area contributed by atoms with Crippen LogP contribution in [0.25, 0.3) is 0 Å². The number of carbonyl (C=O) groups excluding carboxylic acids is 2. The Balaban J connectivity index is 0.000000730. The molecule has 1 amide bonds. The van der Waals surface area contributed by atoms with Crippen molar-refractivity contribution < 1.29 is 9.59 Å². The third-order valence-corrected chi connectivity index (χ3v) is 6.13. The van der Waals surface area contributed by atoms with Gasteiger partial charge in [-0.15, -0.1) is 0 Å². The number of hydrogen-bond donors (Lipinski definition) is 0. The zero-order valence-corrected chi connectivity index (χ0v) is 17.4. The molecule has 1 saturated carbocycles. The number of rotatable bonds is 2. The molecule has 4 nitrogen and oxygen atoms in total. The van der Waals surface area contributed by atoms with Crippen molar-refractivity contribution in [3.63, 3.8) is 0 Å². The van der Waals surface area contributed by atoms with Gasteiger partial charge in [0.05, 0.1) is 0 Å². The molecule has 0 aromatic carbocycles. The first kappa shape index (κ1) is 22.1. The zero-order chi connectivity index (χ0) is 19.0. The lowest BCUT2D eigenvalue weighted by atomic mass is 9.67. The number of ketones is 1. The van der Waals surface area contributed by atoms with Gasteiger partial charge in [0.2, 0.25) is 5.91 Å². The van der Waals surface area contributed by atoms with Gasteiger partial charge in [0.15, 0.2) is 0 Å². The van der Waals surface area contributed by atoms with E-state index < -0.39 is 0 Å². The van der Waals surface area contributed by atoms with Crippen molar-refractivity contribution in [2.45, 2.75) is 85.1 Å². The number of Topliss-reactive ketones (excluding diaryl/α,β-unsaturated/α-hetero) is 1. The Morgan fingerprint density at radius 1 is 0.880 bits per heavy atom. The molecule has 2 heterocycles. The average molecular weight is 353 g/mol. The molecule has 0 aromatic heterocycles. The maximum absolute atomic E-state index is 13.0. The average Bonchev–Trinajstić information content (AvgIpc) is 2.63. The fraction of sp³-hybridized carbons (Fsp3) is 0.905. The van der Waals surface area contributed by atoms with E-state index in [1.807, 2.05) is 27.7 Å². The van der Waals surface area contributed by atoms with Crippen LogP contribution in [-0.4, -0.2) is 53.7 Å². The van der Waals surface area contributed by atoms with E-state index in [9.17, 15) is 9.59 Å². The van der Waals surface area contributed by atoms with Gasteiger partial charge in [-0.2, -0.15) is 0 Å². The summed E-state index contributed by atoms with van der Waals surface area (Å²) in [5, 5.41) is 0. The predicted octanol–water partition coefficient (Wildman–Crippen LogP) is 4.13. The molecule has 1 unspecified atom stereocenters. The molecular weight excluding hydrogens is 312 g/mol. The fourth-order valence-electron chi connectivity index (χ4n) is 4.32. The van der Waals surface area contributed by atoms with Crippen LogP contribution in [-0.2, 0) is 9.59 Å². The Morgan fingerprint density at radius 3 is 1.88 bits per heavy atom. The summed E-state index contributed by atoms with van der Waals surface area (Å²) in [6.45, 7) is 12.4. The summed E-state index contributed by atoms with van der Waals surface area (Å²) in [6.07, 6.45) is 7.51. The molecule has 0 aromatic rings. The summed E-state index contributed by atoms with van der Waals surface area (Å²) in [5.74, 6) is 0.856. The molecular formula is C21H40N2O2. The first-order valence-electron chi connectivity index (χ1n) is 10.5. The third-order valence-electron chi connectivity index (χ3n) is 6.13. The molecule has 3 aliphatic rings. The summed E-state index contributed by atoms with van der Waals surface area (Å²) < 4.78 is 0. The van der Waals surface area contributed by atoms with Crippen LogP contribution in [0, 0.1) is 11.8 Å². The van der Waals surface area contributed by atoms with Gasteiger partial charge in [0, 0.05) is 23.9 Å². The molecule has 0 radical (unpaired) electrons.